The van der Waals surface area contributed by atoms with E-state index in [0.717, 1.165) is 35.0 Å². The molecule has 1 amide bonds. The van der Waals surface area contributed by atoms with Gasteiger partial charge in [-0.05, 0) is 46.1 Å². The molecule has 116 valence electrons. The first-order chi connectivity index (χ1) is 10.1. The Morgan fingerprint density at radius 1 is 1.33 bits per heavy atom. The summed E-state index contributed by atoms with van der Waals surface area (Å²) in [5.41, 5.74) is 1.14. The maximum atomic E-state index is 12.5. The van der Waals surface area contributed by atoms with Gasteiger partial charge in [-0.1, -0.05) is 19.3 Å². The summed E-state index contributed by atoms with van der Waals surface area (Å²) >= 11 is 1.50. The highest BCUT2D eigenvalue weighted by molar-refractivity contribution is 7.13. The maximum Gasteiger partial charge on any atom is 0.263 e. The molecule has 1 unspecified atom stereocenters. The molecule has 1 atom stereocenters. The molecule has 1 aromatic rings. The number of nitrogens with one attached hydrogen (secondary N) is 2. The molecule has 1 saturated carbocycles. The SMILES string of the molecule is Cc1nc(C)c(C(=O)NC2CCNC3(CCCCC3)C2)s1. The minimum atomic E-state index is 0.0657. The molecule has 0 bridgehead atoms. The Morgan fingerprint density at radius 3 is 2.76 bits per heavy atom. The predicted octanol–water partition coefficient (Wildman–Crippen LogP) is 2.94. The van der Waals surface area contributed by atoms with Gasteiger partial charge in [-0.2, -0.15) is 0 Å². The fraction of sp³-hybridized carbons (Fsp3) is 0.750. The van der Waals surface area contributed by atoms with Crippen LogP contribution in [0.1, 0.15) is 65.3 Å². The summed E-state index contributed by atoms with van der Waals surface area (Å²) in [5.74, 6) is 0.0657. The van der Waals surface area contributed by atoms with E-state index in [0.29, 0.717) is 6.04 Å². The Hall–Kier alpha value is -0.940. The molecule has 1 saturated heterocycles. The number of rotatable bonds is 2. The van der Waals surface area contributed by atoms with Crippen LogP contribution in [0.4, 0.5) is 0 Å². The van der Waals surface area contributed by atoms with Crippen LogP contribution in [0.2, 0.25) is 0 Å². The first-order valence-corrected chi connectivity index (χ1v) is 8.90. The molecule has 2 fully saturated rings. The van der Waals surface area contributed by atoms with Crippen LogP contribution in [0.3, 0.4) is 0 Å². The van der Waals surface area contributed by atoms with E-state index in [1.54, 1.807) is 0 Å². The first kappa shape index (κ1) is 15.0. The van der Waals surface area contributed by atoms with Crippen molar-refractivity contribution in [2.45, 2.75) is 70.4 Å². The molecule has 21 heavy (non-hydrogen) atoms. The molecule has 1 aromatic heterocycles. The van der Waals surface area contributed by atoms with Crippen LogP contribution >= 0.6 is 11.3 Å². The standard InChI is InChI=1S/C16H25N3OS/c1-11-14(21-12(2)18-11)15(20)19-13-6-9-17-16(10-13)7-4-3-5-8-16/h13,17H,3-10H2,1-2H3,(H,19,20). The molecule has 0 radical (unpaired) electrons. The van der Waals surface area contributed by atoms with Crippen molar-refractivity contribution in [2.24, 2.45) is 0 Å². The summed E-state index contributed by atoms with van der Waals surface area (Å²) < 4.78 is 0. The first-order valence-electron chi connectivity index (χ1n) is 8.08. The Kier molecular flexibility index (Phi) is 4.31. The number of carbonyl (C=O) groups excluding carboxylic acids is 1. The zero-order valence-electron chi connectivity index (χ0n) is 13.0. The smallest absolute Gasteiger partial charge is 0.263 e. The number of carbonyl (C=O) groups is 1. The van der Waals surface area contributed by atoms with Gasteiger partial charge in [0.05, 0.1) is 10.7 Å². The van der Waals surface area contributed by atoms with Crippen molar-refractivity contribution < 1.29 is 4.79 Å². The fourth-order valence-electron chi connectivity index (χ4n) is 3.88. The number of amides is 1. The molecule has 1 aliphatic heterocycles. The summed E-state index contributed by atoms with van der Waals surface area (Å²) in [7, 11) is 0. The van der Waals surface area contributed by atoms with E-state index in [2.05, 4.69) is 15.6 Å². The third kappa shape index (κ3) is 3.29. The number of piperidine rings is 1. The van der Waals surface area contributed by atoms with Gasteiger partial charge in [0.25, 0.3) is 5.91 Å². The zero-order chi connectivity index (χ0) is 14.9. The van der Waals surface area contributed by atoms with Crippen LogP contribution in [0.25, 0.3) is 0 Å². The second kappa shape index (κ2) is 6.05. The lowest BCUT2D eigenvalue weighted by Crippen LogP contribution is -2.57. The van der Waals surface area contributed by atoms with Gasteiger partial charge in [-0.3, -0.25) is 4.79 Å². The van der Waals surface area contributed by atoms with Gasteiger partial charge >= 0.3 is 0 Å². The predicted molar refractivity (Wildman–Crippen MR) is 85.9 cm³/mol. The number of hydrogen-bond donors (Lipinski definition) is 2. The van der Waals surface area contributed by atoms with Crippen molar-refractivity contribution in [3.05, 3.63) is 15.6 Å². The highest BCUT2D eigenvalue weighted by Crippen LogP contribution is 2.34. The van der Waals surface area contributed by atoms with E-state index in [9.17, 15) is 4.79 Å². The van der Waals surface area contributed by atoms with Gasteiger partial charge in [0.15, 0.2) is 0 Å². The monoisotopic (exact) mass is 307 g/mol. The summed E-state index contributed by atoms with van der Waals surface area (Å²) in [6, 6.07) is 0.304. The third-order valence-corrected chi connectivity index (χ3v) is 5.96. The van der Waals surface area contributed by atoms with Gasteiger partial charge in [0, 0.05) is 11.6 Å². The molecule has 0 aromatic carbocycles. The van der Waals surface area contributed by atoms with E-state index < -0.39 is 0 Å². The van der Waals surface area contributed by atoms with E-state index in [1.165, 1.54) is 43.4 Å². The van der Waals surface area contributed by atoms with Crippen LogP contribution in [0, 0.1) is 13.8 Å². The number of nitrogens with zero attached hydrogens (tertiary/aromatic N) is 1. The van der Waals surface area contributed by atoms with Gasteiger partial charge in [-0.15, -0.1) is 11.3 Å². The van der Waals surface area contributed by atoms with Gasteiger partial charge < -0.3 is 10.6 Å². The molecule has 1 spiro atoms. The van der Waals surface area contributed by atoms with E-state index in [-0.39, 0.29) is 11.4 Å². The highest BCUT2D eigenvalue weighted by atomic mass is 32.1. The van der Waals surface area contributed by atoms with Gasteiger partial charge in [-0.25, -0.2) is 4.98 Å². The molecule has 1 aliphatic carbocycles. The minimum Gasteiger partial charge on any atom is -0.348 e. The van der Waals surface area contributed by atoms with Crippen molar-refractivity contribution in [1.29, 1.82) is 0 Å². The molecule has 4 nitrogen and oxygen atoms in total. The number of hydrogen-bond acceptors (Lipinski definition) is 4. The lowest BCUT2D eigenvalue weighted by atomic mass is 9.75. The molecular weight excluding hydrogens is 282 g/mol. The molecule has 2 aliphatic rings. The second-order valence-corrected chi connectivity index (χ2v) is 7.78. The Bertz CT molecular complexity index is 514. The molecular formula is C16H25N3OS. The lowest BCUT2D eigenvalue weighted by molar-refractivity contribution is 0.0896. The maximum absolute atomic E-state index is 12.5. The van der Waals surface area contributed by atoms with E-state index in [4.69, 9.17) is 0 Å². The molecule has 2 N–H and O–H groups in total. The Morgan fingerprint density at radius 2 is 2.10 bits per heavy atom. The average molecular weight is 307 g/mol. The third-order valence-electron chi connectivity index (χ3n) is 4.89. The highest BCUT2D eigenvalue weighted by Gasteiger charge is 2.37. The molecule has 5 heteroatoms. The average Bonchev–Trinajstić information content (AvgIpc) is 2.79. The van der Waals surface area contributed by atoms with E-state index in [1.807, 2.05) is 13.8 Å². The summed E-state index contributed by atoms with van der Waals surface area (Å²) in [6.45, 7) is 4.89. The van der Waals surface area contributed by atoms with Crippen LogP contribution in [0.15, 0.2) is 0 Å². The van der Waals surface area contributed by atoms with Gasteiger partial charge in [0.1, 0.15) is 4.88 Å². The van der Waals surface area contributed by atoms with Crippen LogP contribution in [-0.2, 0) is 0 Å². The summed E-state index contributed by atoms with van der Waals surface area (Å²) in [6.07, 6.45) is 8.64. The Labute approximate surface area is 130 Å². The lowest BCUT2D eigenvalue weighted by Gasteiger charge is -2.44. The largest absolute Gasteiger partial charge is 0.348 e. The zero-order valence-corrected chi connectivity index (χ0v) is 13.8. The number of aromatic nitrogens is 1. The summed E-state index contributed by atoms with van der Waals surface area (Å²) in [5, 5.41) is 7.95. The topological polar surface area (TPSA) is 54.0 Å². The quantitative estimate of drug-likeness (QED) is 0.883. The van der Waals surface area contributed by atoms with Crippen molar-refractivity contribution >= 4 is 17.2 Å². The van der Waals surface area contributed by atoms with Crippen LogP contribution in [0.5, 0.6) is 0 Å². The second-order valence-electron chi connectivity index (χ2n) is 6.58. The molecule has 3 rings (SSSR count). The van der Waals surface area contributed by atoms with Crippen LogP contribution in [-0.4, -0.2) is 29.0 Å². The fourth-order valence-corrected chi connectivity index (χ4v) is 4.71. The van der Waals surface area contributed by atoms with E-state index >= 15 is 0 Å². The van der Waals surface area contributed by atoms with Gasteiger partial charge in [0.2, 0.25) is 0 Å². The van der Waals surface area contributed by atoms with Crippen molar-refractivity contribution in [2.75, 3.05) is 6.54 Å². The van der Waals surface area contributed by atoms with Crippen molar-refractivity contribution in [1.82, 2.24) is 15.6 Å². The number of aryl methyl sites for hydroxylation is 2. The minimum absolute atomic E-state index is 0.0657. The van der Waals surface area contributed by atoms with Crippen LogP contribution < -0.4 is 10.6 Å². The Balaban J connectivity index is 1.64. The molecule has 2 heterocycles. The number of thiazole rings is 1. The normalized spacial score (nSPS) is 25.0. The summed E-state index contributed by atoms with van der Waals surface area (Å²) in [4.78, 5) is 17.6. The van der Waals surface area contributed by atoms with Crippen molar-refractivity contribution in [3.8, 4) is 0 Å². The van der Waals surface area contributed by atoms with Crippen molar-refractivity contribution in [3.63, 3.8) is 0 Å².